The number of hydrogen-bond donors (Lipinski definition) is 6. The number of halogens is 4. The number of anilines is 2. The standard InChI is InChI=1S/2C37H44Cl2N6O8/c2*1-22-29-30(44-53-22)24-12-14-25(15-13-24)50-17-11-9-8-10-16-45(35(49)52-37(5,6)7)21-28(46)41-31-26(38)18-23(19-27(31)39)20-40-33(42-32(29)47)43-34(48)51-36(2,3)4/h2*9,11-15,18-19H,8,10,16-17,20-21H2,1-7H3,(H,41,46)(H2,40,42,43,47,48)/b11-9+;11-9-. The van der Waals surface area contributed by atoms with Crippen LogP contribution in [-0.2, 0) is 41.6 Å². The van der Waals surface area contributed by atoms with E-state index in [-0.39, 0.29) is 130 Å². The molecular weight excluding hydrogens is 1450 g/mol. The van der Waals surface area contributed by atoms with E-state index in [1.165, 1.54) is 34.1 Å². The molecule has 8 aliphatic rings. The number of aromatic nitrogens is 2. The Bertz CT molecular complexity index is 3980. The van der Waals surface area contributed by atoms with Crippen molar-refractivity contribution >= 4 is 118 Å². The van der Waals surface area contributed by atoms with E-state index in [9.17, 15) is 38.4 Å². The van der Waals surface area contributed by atoms with E-state index in [1.807, 2.05) is 24.3 Å². The molecule has 0 radical (unpaired) electrons. The summed E-state index contributed by atoms with van der Waals surface area (Å²) in [5, 5.41) is 24.2. The maximum absolute atomic E-state index is 13.7. The van der Waals surface area contributed by atoms with Crippen molar-refractivity contribution in [1.82, 2.24) is 41.4 Å². The van der Waals surface area contributed by atoms with E-state index < -0.39 is 70.4 Å². The molecule has 8 bridgehead atoms. The average Bonchev–Trinajstić information content (AvgIpc) is 1.74. The highest BCUT2D eigenvalue weighted by atomic mass is 35.5. The molecule has 28 nitrogen and oxygen atoms in total. The Morgan fingerprint density at radius 1 is 0.472 bits per heavy atom. The summed E-state index contributed by atoms with van der Waals surface area (Å²) in [6, 6.07) is 20.0. The van der Waals surface area contributed by atoms with Gasteiger partial charge in [-0.05, 0) is 207 Å². The Morgan fingerprint density at radius 2 is 0.802 bits per heavy atom. The van der Waals surface area contributed by atoms with Gasteiger partial charge in [-0.3, -0.25) is 50.2 Å². The number of guanidine groups is 2. The molecule has 4 aromatic carbocycles. The third-order valence-electron chi connectivity index (χ3n) is 14.3. The minimum absolute atomic E-state index is 0.0927. The van der Waals surface area contributed by atoms with Crippen molar-refractivity contribution in [2.45, 2.75) is 158 Å². The third-order valence-corrected chi connectivity index (χ3v) is 15.5. The molecule has 0 spiro atoms. The van der Waals surface area contributed by atoms with Gasteiger partial charge in [0.25, 0.3) is 11.8 Å². The van der Waals surface area contributed by atoms with Gasteiger partial charge in [0.15, 0.2) is 0 Å². The first kappa shape index (κ1) is 83.1. The highest BCUT2D eigenvalue weighted by Gasteiger charge is 2.30. The molecule has 6 N–H and O–H groups in total. The van der Waals surface area contributed by atoms with Gasteiger partial charge in [-0.25, -0.2) is 29.2 Å². The first-order chi connectivity index (χ1) is 49.8. The summed E-state index contributed by atoms with van der Waals surface area (Å²) < 4.78 is 44.3. The lowest BCUT2D eigenvalue weighted by molar-refractivity contribution is -0.118. The number of carbonyl (C=O) groups is 8. The van der Waals surface area contributed by atoms with Crippen LogP contribution in [0.3, 0.4) is 0 Å². The average molecular weight is 1540 g/mol. The fourth-order valence-electron chi connectivity index (χ4n) is 9.75. The van der Waals surface area contributed by atoms with Gasteiger partial charge in [0.1, 0.15) is 94.2 Å². The molecule has 0 aliphatic carbocycles. The number of allylic oxidation sites excluding steroid dienone is 2. The number of nitrogens with one attached hydrogen (secondary N) is 6. The number of alkyl carbamates (subject to hydrolysis) is 2. The van der Waals surface area contributed by atoms with Crippen LogP contribution in [0.1, 0.15) is 152 Å². The van der Waals surface area contributed by atoms with Crippen molar-refractivity contribution in [1.29, 1.82) is 0 Å². The molecule has 0 atom stereocenters. The van der Waals surface area contributed by atoms with E-state index in [1.54, 1.807) is 145 Å². The Kier molecular flexibility index (Phi) is 29.2. The maximum atomic E-state index is 13.7. The lowest BCUT2D eigenvalue weighted by atomic mass is 10.1. The Hall–Kier alpha value is -10.2. The lowest BCUT2D eigenvalue weighted by Gasteiger charge is -2.27. The number of nitrogens with zero attached hydrogens (tertiary/aromatic N) is 6. The summed E-state index contributed by atoms with van der Waals surface area (Å²) in [6.07, 6.45) is 6.85. The van der Waals surface area contributed by atoms with E-state index in [0.29, 0.717) is 59.4 Å². The normalized spacial score (nSPS) is 15.7. The second-order valence-electron chi connectivity index (χ2n) is 28.1. The van der Waals surface area contributed by atoms with Crippen LogP contribution in [0.25, 0.3) is 22.5 Å². The van der Waals surface area contributed by atoms with Gasteiger partial charge < -0.3 is 48.1 Å². The number of amides is 8. The second kappa shape index (κ2) is 37.2. The summed E-state index contributed by atoms with van der Waals surface area (Å²) in [6.45, 7) is 24.0. The number of hydrogen-bond acceptors (Lipinski definition) is 20. The van der Waals surface area contributed by atoms with Gasteiger partial charge in [0.05, 0.1) is 44.6 Å². The SMILES string of the molecule is Cc1onc2c1C(=O)NC(NC(=O)OC(C)(C)C)=NCc1cc(Cl)c(c(Cl)c1)NC(=O)CN(C(=O)OC(C)(C)C)CCC/C=C/COc1ccc-2cc1.Cc1onc2c1C(=O)NC(NC(=O)OC(C)(C)C)=NCc1cc(Cl)c(c(Cl)c1)NC(=O)CN(C(=O)OC(C)(C)C)CCC/C=C\COc1ccc-2cc1. The predicted octanol–water partition coefficient (Wildman–Crippen LogP) is 15.3. The van der Waals surface area contributed by atoms with Crippen molar-refractivity contribution in [3.63, 3.8) is 0 Å². The molecule has 0 unspecified atom stereocenters. The topological polar surface area (TPSA) is 347 Å². The molecular formula is C74H88Cl4N12O16. The molecule has 14 rings (SSSR count). The smallest absolute Gasteiger partial charge is 0.414 e. The van der Waals surface area contributed by atoms with Crippen LogP contribution < -0.4 is 41.4 Å². The largest absolute Gasteiger partial charge is 0.490 e. The van der Waals surface area contributed by atoms with Crippen molar-refractivity contribution in [2.24, 2.45) is 9.98 Å². The van der Waals surface area contributed by atoms with E-state index in [4.69, 9.17) is 83.9 Å². The second-order valence-corrected chi connectivity index (χ2v) is 29.7. The number of aliphatic imine (C=N–C) groups is 2. The van der Waals surface area contributed by atoms with Gasteiger partial charge in [0, 0.05) is 24.2 Å². The molecule has 0 saturated heterocycles. The summed E-state index contributed by atoms with van der Waals surface area (Å²) in [4.78, 5) is 117. The van der Waals surface area contributed by atoms with Gasteiger partial charge in [-0.1, -0.05) is 81.0 Å². The maximum Gasteiger partial charge on any atom is 0.414 e. The zero-order valence-corrected chi connectivity index (χ0v) is 64.5. The first-order valence-electron chi connectivity index (χ1n) is 33.7. The minimum Gasteiger partial charge on any atom is -0.490 e. The third kappa shape index (κ3) is 26.8. The quantitative estimate of drug-likeness (QED) is 0.0608. The summed E-state index contributed by atoms with van der Waals surface area (Å²) in [7, 11) is 0. The van der Waals surface area contributed by atoms with Crippen LogP contribution in [0.2, 0.25) is 20.1 Å². The summed E-state index contributed by atoms with van der Waals surface area (Å²) in [5.74, 6) is -1.24. The first-order valence-corrected chi connectivity index (χ1v) is 35.2. The van der Waals surface area contributed by atoms with E-state index >= 15 is 0 Å². The number of aryl methyl sites for hydroxylation is 2. The summed E-state index contributed by atoms with van der Waals surface area (Å²) >= 11 is 26.3. The molecule has 8 aliphatic heterocycles. The molecule has 32 heteroatoms. The lowest BCUT2D eigenvalue weighted by Crippen LogP contribution is -2.46. The highest BCUT2D eigenvalue weighted by molar-refractivity contribution is 6.40. The fourth-order valence-corrected chi connectivity index (χ4v) is 11.0. The van der Waals surface area contributed by atoms with Crippen LogP contribution >= 0.6 is 46.4 Å². The molecule has 6 aromatic rings. The van der Waals surface area contributed by atoms with Crippen LogP contribution in [0.4, 0.5) is 30.6 Å². The van der Waals surface area contributed by atoms with Gasteiger partial charge in [0.2, 0.25) is 23.7 Å². The zero-order valence-electron chi connectivity index (χ0n) is 61.4. The molecule has 2 aromatic heterocycles. The number of rotatable bonds is 0. The van der Waals surface area contributed by atoms with E-state index in [2.05, 4.69) is 52.2 Å². The van der Waals surface area contributed by atoms with Crippen molar-refractivity contribution in [2.75, 3.05) is 50.0 Å². The van der Waals surface area contributed by atoms with Gasteiger partial charge in [-0.2, -0.15) is 0 Å². The van der Waals surface area contributed by atoms with Crippen molar-refractivity contribution in [3.8, 4) is 34.0 Å². The van der Waals surface area contributed by atoms with Crippen LogP contribution in [-0.4, -0.2) is 142 Å². The molecule has 0 saturated carbocycles. The molecule has 8 amide bonds. The number of ether oxygens (including phenoxy) is 6. The fraction of sp³-hybridized carbons (Fsp3) is 0.405. The van der Waals surface area contributed by atoms with Gasteiger partial charge in [-0.15, -0.1) is 0 Å². The van der Waals surface area contributed by atoms with Crippen LogP contribution in [0.5, 0.6) is 11.5 Å². The molecule has 0 fully saturated rings. The van der Waals surface area contributed by atoms with Gasteiger partial charge >= 0.3 is 24.4 Å². The Balaban J connectivity index is 0.000000296. The highest BCUT2D eigenvalue weighted by Crippen LogP contribution is 2.35. The molecule has 568 valence electrons. The van der Waals surface area contributed by atoms with Crippen LogP contribution in [0, 0.1) is 13.8 Å². The number of carbonyl (C=O) groups excluding carboxylic acids is 8. The molecule has 106 heavy (non-hydrogen) atoms. The predicted molar refractivity (Wildman–Crippen MR) is 403 cm³/mol. The van der Waals surface area contributed by atoms with Crippen molar-refractivity contribution in [3.05, 3.63) is 151 Å². The Morgan fingerprint density at radius 3 is 1.12 bits per heavy atom. The summed E-state index contributed by atoms with van der Waals surface area (Å²) in [5.41, 5.74) is -0.0722. The number of benzene rings is 4. The minimum atomic E-state index is -0.863. The zero-order chi connectivity index (χ0) is 77.8. The monoisotopic (exact) mass is 1540 g/mol. The van der Waals surface area contributed by atoms with Crippen LogP contribution in [0.15, 0.2) is 116 Å². The Labute approximate surface area is 634 Å². The molecule has 10 heterocycles. The van der Waals surface area contributed by atoms with Crippen molar-refractivity contribution < 1.29 is 75.8 Å². The van der Waals surface area contributed by atoms with E-state index in [0.717, 1.165) is 0 Å².